The molecule has 1 heterocycles. The SMILES string of the molecule is Cc1[nH]c(C(C)(C)CC(=O)O)nc1-c1ccc(OCc2ccc(-c3ccccc3)cc2)c(C(F)(F)F)c1. The monoisotopic (exact) mass is 508 g/mol. The average Bonchev–Trinajstić information content (AvgIpc) is 3.25. The fourth-order valence-electron chi connectivity index (χ4n) is 4.13. The number of nitrogens with one attached hydrogen (secondary N) is 1. The molecule has 0 fully saturated rings. The zero-order chi connectivity index (χ0) is 26.8. The Morgan fingerprint density at radius 3 is 2.19 bits per heavy atom. The van der Waals surface area contributed by atoms with Crippen molar-refractivity contribution < 1.29 is 27.8 Å². The zero-order valence-electron chi connectivity index (χ0n) is 20.7. The van der Waals surface area contributed by atoms with Gasteiger partial charge in [0.2, 0.25) is 0 Å². The van der Waals surface area contributed by atoms with Crippen molar-refractivity contribution in [3.63, 3.8) is 0 Å². The van der Waals surface area contributed by atoms with Crippen LogP contribution in [-0.4, -0.2) is 21.0 Å². The lowest BCUT2D eigenvalue weighted by Crippen LogP contribution is -2.23. The lowest BCUT2D eigenvalue weighted by atomic mass is 9.88. The van der Waals surface area contributed by atoms with Gasteiger partial charge in [-0.05, 0) is 41.8 Å². The molecule has 192 valence electrons. The fourth-order valence-corrected chi connectivity index (χ4v) is 4.13. The first kappa shape index (κ1) is 26.0. The van der Waals surface area contributed by atoms with Gasteiger partial charge in [-0.3, -0.25) is 4.79 Å². The average molecular weight is 509 g/mol. The first-order valence-electron chi connectivity index (χ1n) is 11.7. The number of imidazole rings is 1. The van der Waals surface area contributed by atoms with Gasteiger partial charge in [0.1, 0.15) is 18.2 Å². The van der Waals surface area contributed by atoms with Gasteiger partial charge in [-0.25, -0.2) is 4.98 Å². The van der Waals surface area contributed by atoms with E-state index in [2.05, 4.69) is 9.97 Å². The van der Waals surface area contributed by atoms with Crippen LogP contribution < -0.4 is 4.74 Å². The molecule has 0 atom stereocenters. The Morgan fingerprint density at radius 2 is 1.57 bits per heavy atom. The molecule has 1 aromatic heterocycles. The molecule has 0 bridgehead atoms. The predicted molar refractivity (Wildman–Crippen MR) is 135 cm³/mol. The van der Waals surface area contributed by atoms with Crippen LogP contribution in [0.5, 0.6) is 5.75 Å². The largest absolute Gasteiger partial charge is 0.488 e. The highest BCUT2D eigenvalue weighted by molar-refractivity contribution is 5.69. The highest BCUT2D eigenvalue weighted by Crippen LogP contribution is 2.40. The second kappa shape index (κ2) is 10.1. The molecule has 0 aliphatic rings. The van der Waals surface area contributed by atoms with Crippen molar-refractivity contribution in [2.45, 2.75) is 45.4 Å². The summed E-state index contributed by atoms with van der Waals surface area (Å²) in [6.07, 6.45) is -4.82. The normalized spacial score (nSPS) is 11.9. The molecule has 0 radical (unpaired) electrons. The number of alkyl halides is 3. The molecule has 2 N–H and O–H groups in total. The van der Waals surface area contributed by atoms with Crippen molar-refractivity contribution in [3.05, 3.63) is 95.4 Å². The zero-order valence-corrected chi connectivity index (χ0v) is 20.7. The number of aromatic amines is 1. The summed E-state index contributed by atoms with van der Waals surface area (Å²) in [6.45, 7) is 5.10. The second-order valence-electron chi connectivity index (χ2n) is 9.57. The molecule has 0 saturated heterocycles. The van der Waals surface area contributed by atoms with Gasteiger partial charge in [0.25, 0.3) is 0 Å². The summed E-state index contributed by atoms with van der Waals surface area (Å²) >= 11 is 0. The van der Waals surface area contributed by atoms with Crippen LogP contribution in [0, 0.1) is 6.92 Å². The van der Waals surface area contributed by atoms with Gasteiger partial charge in [0, 0.05) is 16.7 Å². The van der Waals surface area contributed by atoms with Gasteiger partial charge in [-0.1, -0.05) is 68.4 Å². The van der Waals surface area contributed by atoms with E-state index in [9.17, 15) is 23.1 Å². The summed E-state index contributed by atoms with van der Waals surface area (Å²) in [4.78, 5) is 18.7. The Hall–Kier alpha value is -4.07. The lowest BCUT2D eigenvalue weighted by Gasteiger charge is -2.19. The maximum atomic E-state index is 14.0. The molecule has 0 aliphatic heterocycles. The van der Waals surface area contributed by atoms with Crippen molar-refractivity contribution in [2.24, 2.45) is 0 Å². The third kappa shape index (κ3) is 6.02. The predicted octanol–water partition coefficient (Wildman–Crippen LogP) is 7.40. The quantitative estimate of drug-likeness (QED) is 0.260. The summed E-state index contributed by atoms with van der Waals surface area (Å²) < 4.78 is 47.5. The third-order valence-corrected chi connectivity index (χ3v) is 6.13. The Balaban J connectivity index is 1.57. The van der Waals surface area contributed by atoms with Crippen LogP contribution in [0.1, 0.15) is 42.9 Å². The van der Waals surface area contributed by atoms with E-state index in [1.807, 2.05) is 54.6 Å². The Kier molecular flexibility index (Phi) is 7.12. The second-order valence-corrected chi connectivity index (χ2v) is 9.57. The molecule has 4 rings (SSSR count). The van der Waals surface area contributed by atoms with Crippen LogP contribution in [0.25, 0.3) is 22.4 Å². The molecule has 5 nitrogen and oxygen atoms in total. The van der Waals surface area contributed by atoms with E-state index in [4.69, 9.17) is 4.74 Å². The lowest BCUT2D eigenvalue weighted by molar-refractivity contribution is -0.139. The highest BCUT2D eigenvalue weighted by Gasteiger charge is 2.35. The minimum atomic E-state index is -4.64. The number of nitrogens with zero attached hydrogens (tertiary/aromatic N) is 1. The van der Waals surface area contributed by atoms with Gasteiger partial charge < -0.3 is 14.8 Å². The molecule has 4 aromatic rings. The van der Waals surface area contributed by atoms with E-state index in [1.165, 1.54) is 12.1 Å². The summed E-state index contributed by atoms with van der Waals surface area (Å²) in [6, 6.07) is 21.1. The number of ether oxygens (including phenoxy) is 1. The Bertz CT molecular complexity index is 1390. The fraction of sp³-hybridized carbons (Fsp3) is 0.241. The molecule has 37 heavy (non-hydrogen) atoms. The summed E-state index contributed by atoms with van der Waals surface area (Å²) in [5.41, 5.74) is 2.22. The van der Waals surface area contributed by atoms with Crippen molar-refractivity contribution in [1.29, 1.82) is 0 Å². The van der Waals surface area contributed by atoms with E-state index >= 15 is 0 Å². The van der Waals surface area contributed by atoms with Crippen molar-refractivity contribution in [2.75, 3.05) is 0 Å². The van der Waals surface area contributed by atoms with Gasteiger partial charge in [0.15, 0.2) is 0 Å². The van der Waals surface area contributed by atoms with E-state index in [0.29, 0.717) is 17.2 Å². The first-order valence-corrected chi connectivity index (χ1v) is 11.7. The van der Waals surface area contributed by atoms with E-state index in [0.717, 1.165) is 22.8 Å². The van der Waals surface area contributed by atoms with Crippen molar-refractivity contribution >= 4 is 5.97 Å². The van der Waals surface area contributed by atoms with Gasteiger partial charge >= 0.3 is 12.1 Å². The Labute approximate surface area is 213 Å². The number of hydrogen-bond donors (Lipinski definition) is 2. The number of carbonyl (C=O) groups is 1. The smallest absolute Gasteiger partial charge is 0.419 e. The van der Waals surface area contributed by atoms with Gasteiger partial charge in [-0.15, -0.1) is 0 Å². The minimum Gasteiger partial charge on any atom is -0.488 e. The maximum Gasteiger partial charge on any atom is 0.419 e. The van der Waals surface area contributed by atoms with Crippen LogP contribution in [0.2, 0.25) is 0 Å². The summed E-state index contributed by atoms with van der Waals surface area (Å²) in [5.74, 6) is -0.866. The first-order chi connectivity index (χ1) is 17.4. The van der Waals surface area contributed by atoms with E-state index in [-0.39, 0.29) is 24.3 Å². The number of carboxylic acid groups (broad SMARTS) is 1. The van der Waals surface area contributed by atoms with Crippen molar-refractivity contribution in [3.8, 4) is 28.1 Å². The molecule has 0 saturated carbocycles. The van der Waals surface area contributed by atoms with Gasteiger partial charge in [-0.2, -0.15) is 13.2 Å². The number of hydrogen-bond acceptors (Lipinski definition) is 3. The maximum absolute atomic E-state index is 14.0. The van der Waals surface area contributed by atoms with Crippen molar-refractivity contribution in [1.82, 2.24) is 9.97 Å². The number of halogens is 3. The third-order valence-electron chi connectivity index (χ3n) is 6.13. The van der Waals surface area contributed by atoms with E-state index in [1.54, 1.807) is 20.8 Å². The van der Waals surface area contributed by atoms with Crippen LogP contribution >= 0.6 is 0 Å². The number of aromatic nitrogens is 2. The molecule has 0 aliphatic carbocycles. The number of rotatable bonds is 8. The Morgan fingerprint density at radius 1 is 0.946 bits per heavy atom. The molecule has 0 amide bonds. The standard InChI is InChI=1S/C29H27F3N2O3/c1-18-26(34-27(33-18)28(2,3)16-25(35)36)22-13-14-24(23(15-22)29(30,31)32)37-17-19-9-11-21(12-10-19)20-7-5-4-6-8-20/h4-15H,16-17H2,1-3H3,(H,33,34)(H,35,36). The van der Waals surface area contributed by atoms with Crippen LogP contribution in [0.3, 0.4) is 0 Å². The minimum absolute atomic E-state index is 0.0214. The highest BCUT2D eigenvalue weighted by atomic mass is 19.4. The summed E-state index contributed by atoms with van der Waals surface area (Å²) in [7, 11) is 0. The molecule has 3 aromatic carbocycles. The van der Waals surface area contributed by atoms with Crippen LogP contribution in [0.15, 0.2) is 72.8 Å². The van der Waals surface area contributed by atoms with Gasteiger partial charge in [0.05, 0.1) is 17.7 Å². The topological polar surface area (TPSA) is 75.2 Å². The van der Waals surface area contributed by atoms with E-state index < -0.39 is 23.1 Å². The number of benzene rings is 3. The molecule has 0 unspecified atom stereocenters. The number of aryl methyl sites for hydroxylation is 1. The van der Waals surface area contributed by atoms with Crippen LogP contribution in [-0.2, 0) is 23.0 Å². The molecular weight excluding hydrogens is 481 g/mol. The van der Waals surface area contributed by atoms with Crippen LogP contribution in [0.4, 0.5) is 13.2 Å². The molecule has 8 heteroatoms. The molecule has 0 spiro atoms. The number of carboxylic acids is 1. The number of aliphatic carboxylic acids is 1. The molecular formula is C29H27F3N2O3. The summed E-state index contributed by atoms with van der Waals surface area (Å²) in [5, 5.41) is 9.18. The number of H-pyrrole nitrogens is 1.